The summed E-state index contributed by atoms with van der Waals surface area (Å²) in [6.07, 6.45) is 2.13. The van der Waals surface area contributed by atoms with E-state index in [0.717, 1.165) is 18.7 Å². The number of phenolic OH excluding ortho intramolecular Hbond substituents is 1. The average molecular weight is 371 g/mol. The molecule has 0 aliphatic carbocycles. The maximum atomic E-state index is 11.8. The molecule has 0 spiro atoms. The van der Waals surface area contributed by atoms with Crippen molar-refractivity contribution in [3.63, 3.8) is 0 Å². The molecule has 2 aromatic carbocycles. The van der Waals surface area contributed by atoms with E-state index in [1.807, 2.05) is 12.1 Å². The van der Waals surface area contributed by atoms with Crippen LogP contribution in [-0.4, -0.2) is 28.8 Å². The molecule has 2 N–H and O–H groups in total. The van der Waals surface area contributed by atoms with E-state index in [1.165, 1.54) is 17.7 Å². The van der Waals surface area contributed by atoms with Crippen molar-refractivity contribution in [1.82, 2.24) is 5.43 Å². The SMILES string of the molecule is CCC(C)c1ccc(OCC(=O)N/N=C\c2cc(O)ccc2[N+](=O)[O-])cc1. The summed E-state index contributed by atoms with van der Waals surface area (Å²) in [5, 5.41) is 24.0. The fraction of sp³-hybridized carbons (Fsp3) is 0.263. The van der Waals surface area contributed by atoms with Crippen molar-refractivity contribution in [3.05, 3.63) is 63.7 Å². The number of aromatic hydroxyl groups is 1. The summed E-state index contributed by atoms with van der Waals surface area (Å²) >= 11 is 0. The van der Waals surface area contributed by atoms with Gasteiger partial charge in [0, 0.05) is 6.07 Å². The maximum Gasteiger partial charge on any atom is 0.278 e. The van der Waals surface area contributed by atoms with Crippen LogP contribution >= 0.6 is 0 Å². The number of phenols is 1. The molecule has 0 aliphatic heterocycles. The number of carbonyl (C=O) groups is 1. The minimum Gasteiger partial charge on any atom is -0.508 e. The van der Waals surface area contributed by atoms with Gasteiger partial charge in [-0.1, -0.05) is 26.0 Å². The van der Waals surface area contributed by atoms with Crippen molar-refractivity contribution in [3.8, 4) is 11.5 Å². The van der Waals surface area contributed by atoms with Crippen molar-refractivity contribution >= 4 is 17.8 Å². The lowest BCUT2D eigenvalue weighted by Crippen LogP contribution is -2.24. The predicted molar refractivity (Wildman–Crippen MR) is 101 cm³/mol. The zero-order chi connectivity index (χ0) is 19.8. The summed E-state index contributed by atoms with van der Waals surface area (Å²) in [5.74, 6) is 0.362. The molecule has 2 aromatic rings. The van der Waals surface area contributed by atoms with Crippen molar-refractivity contribution < 1.29 is 19.6 Å². The summed E-state index contributed by atoms with van der Waals surface area (Å²) < 4.78 is 5.39. The molecule has 0 aromatic heterocycles. The number of hydrazone groups is 1. The van der Waals surface area contributed by atoms with Crippen LogP contribution in [0.3, 0.4) is 0 Å². The van der Waals surface area contributed by atoms with Gasteiger partial charge in [-0.15, -0.1) is 0 Å². The molecular formula is C19H21N3O5. The van der Waals surface area contributed by atoms with Gasteiger partial charge in [-0.3, -0.25) is 14.9 Å². The predicted octanol–water partition coefficient (Wildman–Crippen LogP) is 3.34. The number of rotatable bonds is 8. The summed E-state index contributed by atoms with van der Waals surface area (Å²) in [5.41, 5.74) is 3.27. The fourth-order valence-corrected chi connectivity index (χ4v) is 2.29. The van der Waals surface area contributed by atoms with Crippen LogP contribution in [-0.2, 0) is 4.79 Å². The number of amides is 1. The van der Waals surface area contributed by atoms with Crippen LogP contribution in [0.5, 0.6) is 11.5 Å². The van der Waals surface area contributed by atoms with E-state index in [0.29, 0.717) is 11.7 Å². The van der Waals surface area contributed by atoms with E-state index >= 15 is 0 Å². The second kappa shape index (κ2) is 9.33. The van der Waals surface area contributed by atoms with Crippen LogP contribution in [0.15, 0.2) is 47.6 Å². The van der Waals surface area contributed by atoms with Gasteiger partial charge in [-0.2, -0.15) is 5.10 Å². The van der Waals surface area contributed by atoms with Gasteiger partial charge in [0.15, 0.2) is 6.61 Å². The maximum absolute atomic E-state index is 11.8. The Morgan fingerprint density at radius 2 is 2.04 bits per heavy atom. The van der Waals surface area contributed by atoms with Crippen LogP contribution < -0.4 is 10.2 Å². The molecule has 0 aliphatic rings. The van der Waals surface area contributed by atoms with Crippen LogP contribution in [0.4, 0.5) is 5.69 Å². The Morgan fingerprint density at radius 1 is 1.33 bits per heavy atom. The van der Waals surface area contributed by atoms with Crippen LogP contribution in [0.25, 0.3) is 0 Å². The summed E-state index contributed by atoms with van der Waals surface area (Å²) in [6.45, 7) is 4.01. The van der Waals surface area contributed by atoms with Gasteiger partial charge in [0.1, 0.15) is 11.5 Å². The van der Waals surface area contributed by atoms with E-state index < -0.39 is 10.8 Å². The number of nitrogens with one attached hydrogen (secondary N) is 1. The van der Waals surface area contributed by atoms with Gasteiger partial charge < -0.3 is 9.84 Å². The van der Waals surface area contributed by atoms with Crippen molar-refractivity contribution in [1.29, 1.82) is 0 Å². The third-order valence-electron chi connectivity index (χ3n) is 4.03. The number of hydrogen-bond donors (Lipinski definition) is 2. The topological polar surface area (TPSA) is 114 Å². The van der Waals surface area contributed by atoms with Crippen LogP contribution in [0.1, 0.15) is 37.3 Å². The number of nitro groups is 1. The number of benzene rings is 2. The number of carbonyl (C=O) groups excluding carboxylic acids is 1. The quantitative estimate of drug-likeness (QED) is 0.420. The molecule has 0 heterocycles. The van der Waals surface area contributed by atoms with E-state index in [4.69, 9.17) is 4.74 Å². The van der Waals surface area contributed by atoms with Crippen molar-refractivity contribution in [2.24, 2.45) is 5.10 Å². The molecule has 0 saturated heterocycles. The van der Waals surface area contributed by atoms with E-state index in [9.17, 15) is 20.0 Å². The van der Waals surface area contributed by atoms with E-state index in [1.54, 1.807) is 12.1 Å². The first-order chi connectivity index (χ1) is 12.9. The third-order valence-corrected chi connectivity index (χ3v) is 4.03. The minimum atomic E-state index is -0.602. The van der Waals surface area contributed by atoms with Gasteiger partial charge >= 0.3 is 0 Å². The summed E-state index contributed by atoms with van der Waals surface area (Å²) in [4.78, 5) is 22.1. The Kier molecular flexibility index (Phi) is 6.87. The lowest BCUT2D eigenvalue weighted by atomic mass is 9.99. The first kappa shape index (κ1) is 19.9. The lowest BCUT2D eigenvalue weighted by molar-refractivity contribution is -0.385. The highest BCUT2D eigenvalue weighted by Gasteiger charge is 2.12. The first-order valence-electron chi connectivity index (χ1n) is 8.42. The Morgan fingerprint density at radius 3 is 2.67 bits per heavy atom. The largest absolute Gasteiger partial charge is 0.508 e. The summed E-state index contributed by atoms with van der Waals surface area (Å²) in [6, 6.07) is 11.1. The second-order valence-corrected chi connectivity index (χ2v) is 5.96. The van der Waals surface area contributed by atoms with Gasteiger partial charge in [-0.25, -0.2) is 5.43 Å². The Hall–Kier alpha value is -3.42. The standard InChI is InChI=1S/C19H21N3O5/c1-3-13(2)14-4-7-17(8-5-14)27-12-19(24)21-20-11-15-10-16(23)6-9-18(15)22(25)26/h4-11,13,23H,3,12H2,1-2H3,(H,21,24)/b20-11-. The van der Waals surface area contributed by atoms with Crippen molar-refractivity contribution in [2.45, 2.75) is 26.2 Å². The molecule has 0 radical (unpaired) electrons. The smallest absolute Gasteiger partial charge is 0.278 e. The lowest BCUT2D eigenvalue weighted by Gasteiger charge is -2.10. The Balaban J connectivity index is 1.89. The molecule has 0 bridgehead atoms. The first-order valence-corrected chi connectivity index (χ1v) is 8.42. The van der Waals surface area contributed by atoms with Crippen molar-refractivity contribution in [2.75, 3.05) is 6.61 Å². The fourth-order valence-electron chi connectivity index (χ4n) is 2.29. The number of ether oxygens (including phenoxy) is 1. The van der Waals surface area contributed by atoms with E-state index in [2.05, 4.69) is 24.4 Å². The van der Waals surface area contributed by atoms with Gasteiger partial charge in [0.05, 0.1) is 16.7 Å². The van der Waals surface area contributed by atoms with Crippen LogP contribution in [0, 0.1) is 10.1 Å². The molecule has 0 saturated carbocycles. The monoisotopic (exact) mass is 371 g/mol. The van der Waals surface area contributed by atoms with Gasteiger partial charge in [0.2, 0.25) is 0 Å². The normalized spacial score (nSPS) is 11.9. The molecule has 1 atom stereocenters. The minimum absolute atomic E-state index is 0.0712. The molecule has 142 valence electrons. The van der Waals surface area contributed by atoms with E-state index in [-0.39, 0.29) is 23.6 Å². The average Bonchev–Trinajstić information content (AvgIpc) is 2.66. The Bertz CT molecular complexity index is 834. The second-order valence-electron chi connectivity index (χ2n) is 5.96. The zero-order valence-electron chi connectivity index (χ0n) is 15.1. The Labute approximate surface area is 156 Å². The highest BCUT2D eigenvalue weighted by molar-refractivity contribution is 5.87. The molecule has 1 unspecified atom stereocenters. The summed E-state index contributed by atoms with van der Waals surface area (Å²) in [7, 11) is 0. The van der Waals surface area contributed by atoms with Gasteiger partial charge in [-0.05, 0) is 42.2 Å². The van der Waals surface area contributed by atoms with Crippen LogP contribution in [0.2, 0.25) is 0 Å². The molecule has 27 heavy (non-hydrogen) atoms. The molecular weight excluding hydrogens is 350 g/mol. The molecule has 1 amide bonds. The molecule has 0 fully saturated rings. The molecule has 8 heteroatoms. The third kappa shape index (κ3) is 5.81. The highest BCUT2D eigenvalue weighted by atomic mass is 16.6. The van der Waals surface area contributed by atoms with Gasteiger partial charge in [0.25, 0.3) is 11.6 Å². The number of nitrogens with zero attached hydrogens (tertiary/aromatic N) is 2. The zero-order valence-corrected chi connectivity index (χ0v) is 15.1. The number of nitro benzene ring substituents is 1. The molecule has 8 nitrogen and oxygen atoms in total. The molecule has 2 rings (SSSR count). The highest BCUT2D eigenvalue weighted by Crippen LogP contribution is 2.22. The number of hydrogen-bond acceptors (Lipinski definition) is 6.